The van der Waals surface area contributed by atoms with Gasteiger partial charge in [0.2, 0.25) is 11.8 Å². The molecule has 2 atom stereocenters. The number of oxime groups is 1. The molecule has 6 N–H and O–H groups in total. The van der Waals surface area contributed by atoms with E-state index >= 15 is 0 Å². The van der Waals surface area contributed by atoms with Crippen molar-refractivity contribution < 1.29 is 23.2 Å². The van der Waals surface area contributed by atoms with Crippen molar-refractivity contribution in [1.82, 2.24) is 19.7 Å². The molecule has 12 heteroatoms. The van der Waals surface area contributed by atoms with Crippen molar-refractivity contribution in [1.29, 1.82) is 0 Å². The van der Waals surface area contributed by atoms with Crippen molar-refractivity contribution in [3.8, 4) is 0 Å². The summed E-state index contributed by atoms with van der Waals surface area (Å²) in [6.45, 7) is 3.97. The second kappa shape index (κ2) is 12.7. The third-order valence-electron chi connectivity index (χ3n) is 5.93. The zero-order chi connectivity index (χ0) is 27.0. The van der Waals surface area contributed by atoms with Crippen molar-refractivity contribution in [3.63, 3.8) is 0 Å². The van der Waals surface area contributed by atoms with Gasteiger partial charge in [-0.2, -0.15) is 17.9 Å². The zero-order valence-corrected chi connectivity index (χ0v) is 21.7. The molecular formula is C25H34N6O5S. The SMILES string of the molecule is CC(C)NS(=O)(=O)N[C@H](Cc1ccccc1)C(=O)N1CCC[C@H]1C(=O)NCc1ccc(/C(N)=N/O)cc1. The minimum Gasteiger partial charge on any atom is -0.409 e. The Labute approximate surface area is 217 Å². The van der Waals surface area contributed by atoms with Gasteiger partial charge in [-0.1, -0.05) is 59.8 Å². The molecule has 1 heterocycles. The number of benzene rings is 2. The van der Waals surface area contributed by atoms with E-state index in [0.717, 1.165) is 11.1 Å². The van der Waals surface area contributed by atoms with E-state index in [1.807, 2.05) is 30.3 Å². The molecule has 3 rings (SSSR count). The summed E-state index contributed by atoms with van der Waals surface area (Å²) in [5.74, 6) is -0.772. The molecule has 0 spiro atoms. The summed E-state index contributed by atoms with van der Waals surface area (Å²) in [4.78, 5) is 28.1. The largest absolute Gasteiger partial charge is 0.409 e. The van der Waals surface area contributed by atoms with Crippen LogP contribution in [-0.2, 0) is 32.8 Å². The molecule has 0 aromatic heterocycles. The maximum atomic E-state index is 13.6. The number of carbonyl (C=O) groups excluding carboxylic acids is 2. The van der Waals surface area contributed by atoms with E-state index in [9.17, 15) is 18.0 Å². The third-order valence-corrected chi connectivity index (χ3v) is 7.31. The highest BCUT2D eigenvalue weighted by atomic mass is 32.2. The summed E-state index contributed by atoms with van der Waals surface area (Å²) in [7, 11) is -3.95. The van der Waals surface area contributed by atoms with Crippen LogP contribution in [0.1, 0.15) is 43.4 Å². The molecule has 2 aromatic rings. The molecule has 0 unspecified atom stereocenters. The van der Waals surface area contributed by atoms with Gasteiger partial charge < -0.3 is 21.2 Å². The summed E-state index contributed by atoms with van der Waals surface area (Å²) in [5.41, 5.74) is 7.71. The van der Waals surface area contributed by atoms with E-state index in [1.54, 1.807) is 38.1 Å². The number of nitrogens with zero attached hydrogens (tertiary/aromatic N) is 2. The first-order valence-corrected chi connectivity index (χ1v) is 13.6. The van der Waals surface area contributed by atoms with Gasteiger partial charge in [0.15, 0.2) is 5.84 Å². The Morgan fingerprint density at radius 2 is 1.76 bits per heavy atom. The van der Waals surface area contributed by atoms with E-state index in [1.165, 1.54) is 4.90 Å². The van der Waals surface area contributed by atoms with Crippen LogP contribution < -0.4 is 20.5 Å². The van der Waals surface area contributed by atoms with Crippen LogP contribution in [0.4, 0.5) is 0 Å². The van der Waals surface area contributed by atoms with Gasteiger partial charge >= 0.3 is 0 Å². The lowest BCUT2D eigenvalue weighted by atomic mass is 10.0. The fraction of sp³-hybridized carbons (Fsp3) is 0.400. The predicted octanol–water partition coefficient (Wildman–Crippen LogP) is 0.832. The van der Waals surface area contributed by atoms with Gasteiger partial charge in [0, 0.05) is 24.7 Å². The number of rotatable bonds is 11. The minimum atomic E-state index is -3.95. The number of amides is 2. The van der Waals surface area contributed by atoms with Crippen LogP contribution in [0.2, 0.25) is 0 Å². The highest BCUT2D eigenvalue weighted by Crippen LogP contribution is 2.20. The number of carbonyl (C=O) groups is 2. The van der Waals surface area contributed by atoms with Crippen LogP contribution in [0, 0.1) is 0 Å². The number of nitrogens with two attached hydrogens (primary N) is 1. The second-order valence-electron chi connectivity index (χ2n) is 9.23. The van der Waals surface area contributed by atoms with E-state index in [2.05, 4.69) is 19.9 Å². The molecule has 0 aliphatic carbocycles. The van der Waals surface area contributed by atoms with Gasteiger partial charge in [-0.05, 0) is 44.2 Å². The average Bonchev–Trinajstić information content (AvgIpc) is 3.36. The van der Waals surface area contributed by atoms with E-state index < -0.39 is 28.2 Å². The van der Waals surface area contributed by atoms with Crippen LogP contribution in [0.3, 0.4) is 0 Å². The topological polar surface area (TPSA) is 166 Å². The summed E-state index contributed by atoms with van der Waals surface area (Å²) in [5, 5.41) is 14.6. The van der Waals surface area contributed by atoms with Crippen LogP contribution in [0.25, 0.3) is 0 Å². The molecule has 1 aliphatic heterocycles. The lowest BCUT2D eigenvalue weighted by Gasteiger charge is -2.29. The van der Waals surface area contributed by atoms with Crippen molar-refractivity contribution >= 4 is 27.9 Å². The van der Waals surface area contributed by atoms with E-state index in [-0.39, 0.29) is 30.8 Å². The maximum absolute atomic E-state index is 13.6. The number of amidine groups is 1. The van der Waals surface area contributed by atoms with Crippen LogP contribution in [0.15, 0.2) is 59.8 Å². The maximum Gasteiger partial charge on any atom is 0.277 e. The molecular weight excluding hydrogens is 496 g/mol. The van der Waals surface area contributed by atoms with Gasteiger partial charge in [-0.25, -0.2) is 0 Å². The van der Waals surface area contributed by atoms with E-state index in [4.69, 9.17) is 10.9 Å². The molecule has 11 nitrogen and oxygen atoms in total. The summed E-state index contributed by atoms with van der Waals surface area (Å²) in [6, 6.07) is 13.8. The Balaban J connectivity index is 1.71. The summed E-state index contributed by atoms with van der Waals surface area (Å²) >= 11 is 0. The number of hydrogen-bond acceptors (Lipinski definition) is 6. The Morgan fingerprint density at radius 3 is 2.38 bits per heavy atom. The van der Waals surface area contributed by atoms with E-state index in [0.29, 0.717) is 24.9 Å². The van der Waals surface area contributed by atoms with Crippen molar-refractivity contribution in [2.45, 2.75) is 57.8 Å². The first-order valence-electron chi connectivity index (χ1n) is 12.1. The Kier molecular flexibility index (Phi) is 9.61. The van der Waals surface area contributed by atoms with Gasteiger partial charge in [0.25, 0.3) is 10.2 Å². The normalized spacial score (nSPS) is 17.1. The summed E-state index contributed by atoms with van der Waals surface area (Å²) in [6.07, 6.45) is 1.26. The molecule has 0 saturated carbocycles. The second-order valence-corrected chi connectivity index (χ2v) is 10.7. The quantitative estimate of drug-likeness (QED) is 0.125. The highest BCUT2D eigenvalue weighted by Gasteiger charge is 2.38. The molecule has 37 heavy (non-hydrogen) atoms. The molecule has 1 saturated heterocycles. The lowest BCUT2D eigenvalue weighted by Crippen LogP contribution is -2.56. The van der Waals surface area contributed by atoms with Gasteiger partial charge in [-0.3, -0.25) is 9.59 Å². The molecule has 2 aromatic carbocycles. The standard InChI is InChI=1S/C25H34N6O5S/c1-17(2)29-37(35,36)30-21(15-18-7-4-3-5-8-18)25(33)31-14-6-9-22(31)24(32)27-16-19-10-12-20(13-11-19)23(26)28-34/h3-5,7-8,10-13,17,21-22,29-30,34H,6,9,14-16H2,1-2H3,(H2,26,28)(H,27,32)/t21-,22+/m1/s1. The fourth-order valence-electron chi connectivity index (χ4n) is 4.22. The Bertz CT molecular complexity index is 1200. The first-order chi connectivity index (χ1) is 17.6. The van der Waals surface area contributed by atoms with Crippen molar-refractivity contribution in [2.24, 2.45) is 10.9 Å². The molecule has 0 bridgehead atoms. The lowest BCUT2D eigenvalue weighted by molar-refractivity contribution is -0.139. The molecule has 1 aliphatic rings. The fourth-order valence-corrected chi connectivity index (χ4v) is 5.47. The Hall–Kier alpha value is -3.48. The Morgan fingerprint density at radius 1 is 1.08 bits per heavy atom. The minimum absolute atomic E-state index is 0.0139. The molecule has 2 amide bonds. The van der Waals surface area contributed by atoms with Crippen LogP contribution >= 0.6 is 0 Å². The number of hydrogen-bond donors (Lipinski definition) is 5. The molecule has 0 radical (unpaired) electrons. The average molecular weight is 531 g/mol. The van der Waals surface area contributed by atoms with Crippen molar-refractivity contribution in [3.05, 3.63) is 71.3 Å². The van der Waals surface area contributed by atoms with Crippen LogP contribution in [0.5, 0.6) is 0 Å². The number of nitrogens with one attached hydrogen (secondary N) is 3. The van der Waals surface area contributed by atoms with Crippen molar-refractivity contribution in [2.75, 3.05) is 6.54 Å². The van der Waals surface area contributed by atoms with Gasteiger partial charge in [0.05, 0.1) is 0 Å². The predicted molar refractivity (Wildman–Crippen MR) is 140 cm³/mol. The smallest absolute Gasteiger partial charge is 0.277 e. The molecule has 200 valence electrons. The first kappa shape index (κ1) is 28.1. The third kappa shape index (κ3) is 8.00. The zero-order valence-electron chi connectivity index (χ0n) is 20.9. The molecule has 1 fully saturated rings. The highest BCUT2D eigenvalue weighted by molar-refractivity contribution is 7.87. The van der Waals surface area contributed by atoms with Gasteiger partial charge in [0.1, 0.15) is 12.1 Å². The van der Waals surface area contributed by atoms with Gasteiger partial charge in [-0.15, -0.1) is 0 Å². The van der Waals surface area contributed by atoms with Crippen LogP contribution in [-0.4, -0.2) is 60.8 Å². The number of likely N-dealkylation sites (tertiary alicyclic amines) is 1. The monoisotopic (exact) mass is 530 g/mol. The summed E-state index contributed by atoms with van der Waals surface area (Å²) < 4.78 is 30.2.